The number of hydrogen-bond acceptors (Lipinski definition) is 3. The van der Waals surface area contributed by atoms with Crippen LogP contribution in [-0.2, 0) is 0 Å². The lowest BCUT2D eigenvalue weighted by molar-refractivity contribution is 0.102. The smallest absolute Gasteiger partial charge is 0.123 e. The summed E-state index contributed by atoms with van der Waals surface area (Å²) in [5.41, 5.74) is 8.34. The number of ether oxygens (including phenoxy) is 1. The molecular formula is C13H20N2O. The lowest BCUT2D eigenvalue weighted by Crippen LogP contribution is -2.56. The SMILES string of the molecule is COc1ccc(C)cc1C(C)N1CC(N)C1. The Morgan fingerprint density at radius 3 is 2.69 bits per heavy atom. The third-order valence-electron chi connectivity index (χ3n) is 3.32. The first-order chi connectivity index (χ1) is 7.61. The monoisotopic (exact) mass is 220 g/mol. The minimum atomic E-state index is 0.346. The van der Waals surface area contributed by atoms with E-state index in [2.05, 4.69) is 30.9 Å². The molecule has 2 N–H and O–H groups in total. The highest BCUT2D eigenvalue weighted by molar-refractivity contribution is 5.39. The van der Waals surface area contributed by atoms with Crippen LogP contribution >= 0.6 is 0 Å². The molecule has 0 bridgehead atoms. The van der Waals surface area contributed by atoms with Gasteiger partial charge in [-0.2, -0.15) is 0 Å². The molecule has 1 aromatic rings. The van der Waals surface area contributed by atoms with Gasteiger partial charge in [0.15, 0.2) is 0 Å². The van der Waals surface area contributed by atoms with Crippen molar-refractivity contribution in [2.75, 3.05) is 20.2 Å². The van der Waals surface area contributed by atoms with Crippen molar-refractivity contribution in [1.29, 1.82) is 0 Å². The molecule has 2 rings (SSSR count). The Morgan fingerprint density at radius 2 is 2.12 bits per heavy atom. The van der Waals surface area contributed by atoms with E-state index in [0.29, 0.717) is 12.1 Å². The van der Waals surface area contributed by atoms with Gasteiger partial charge in [0.25, 0.3) is 0 Å². The first-order valence-corrected chi connectivity index (χ1v) is 5.76. The van der Waals surface area contributed by atoms with Crippen molar-refractivity contribution >= 4 is 0 Å². The standard InChI is InChI=1S/C13H20N2O/c1-9-4-5-13(16-3)12(6-9)10(2)15-7-11(14)8-15/h4-6,10-11H,7-8,14H2,1-3H3. The molecule has 1 aliphatic rings. The van der Waals surface area contributed by atoms with Crippen molar-refractivity contribution in [3.8, 4) is 5.75 Å². The topological polar surface area (TPSA) is 38.5 Å². The molecule has 88 valence electrons. The number of benzene rings is 1. The van der Waals surface area contributed by atoms with Crippen LogP contribution in [0, 0.1) is 6.92 Å². The largest absolute Gasteiger partial charge is 0.496 e. The minimum absolute atomic E-state index is 0.346. The molecule has 0 amide bonds. The van der Waals surface area contributed by atoms with Crippen molar-refractivity contribution in [1.82, 2.24) is 4.90 Å². The van der Waals surface area contributed by atoms with E-state index in [9.17, 15) is 0 Å². The summed E-state index contributed by atoms with van der Waals surface area (Å²) in [6.45, 7) is 6.29. The molecule has 3 nitrogen and oxygen atoms in total. The van der Waals surface area contributed by atoms with Gasteiger partial charge in [-0.25, -0.2) is 0 Å². The number of rotatable bonds is 3. The second-order valence-electron chi connectivity index (χ2n) is 4.64. The van der Waals surface area contributed by atoms with Crippen LogP contribution in [0.2, 0.25) is 0 Å². The van der Waals surface area contributed by atoms with Gasteiger partial charge in [-0.1, -0.05) is 17.7 Å². The third kappa shape index (κ3) is 2.06. The third-order valence-corrected chi connectivity index (χ3v) is 3.32. The van der Waals surface area contributed by atoms with Crippen LogP contribution in [0.5, 0.6) is 5.75 Å². The Bertz CT molecular complexity index is 372. The van der Waals surface area contributed by atoms with Gasteiger partial charge in [-0.15, -0.1) is 0 Å². The van der Waals surface area contributed by atoms with E-state index < -0.39 is 0 Å². The summed E-state index contributed by atoms with van der Waals surface area (Å²) in [5.74, 6) is 0.971. The highest BCUT2D eigenvalue weighted by atomic mass is 16.5. The van der Waals surface area contributed by atoms with E-state index in [1.165, 1.54) is 11.1 Å². The van der Waals surface area contributed by atoms with Gasteiger partial charge in [0.05, 0.1) is 7.11 Å². The molecule has 0 aromatic heterocycles. The van der Waals surface area contributed by atoms with Gasteiger partial charge in [-0.3, -0.25) is 4.90 Å². The number of hydrogen-bond donors (Lipinski definition) is 1. The van der Waals surface area contributed by atoms with Crippen LogP contribution in [-0.4, -0.2) is 31.1 Å². The average Bonchev–Trinajstić information content (AvgIpc) is 2.24. The Kier molecular flexibility index (Phi) is 3.17. The molecule has 1 atom stereocenters. The highest BCUT2D eigenvalue weighted by Crippen LogP contribution is 2.32. The van der Waals surface area contributed by atoms with Gasteiger partial charge in [0.1, 0.15) is 5.75 Å². The van der Waals surface area contributed by atoms with Gasteiger partial charge in [0, 0.05) is 30.7 Å². The van der Waals surface area contributed by atoms with Crippen LogP contribution in [0.4, 0.5) is 0 Å². The van der Waals surface area contributed by atoms with Crippen molar-refractivity contribution < 1.29 is 4.74 Å². The Morgan fingerprint density at radius 1 is 1.44 bits per heavy atom. The second-order valence-corrected chi connectivity index (χ2v) is 4.64. The summed E-state index contributed by atoms with van der Waals surface area (Å²) in [7, 11) is 1.72. The van der Waals surface area contributed by atoms with Crippen molar-refractivity contribution in [3.05, 3.63) is 29.3 Å². The van der Waals surface area contributed by atoms with Crippen molar-refractivity contribution in [3.63, 3.8) is 0 Å². The number of likely N-dealkylation sites (tertiary alicyclic amines) is 1. The van der Waals surface area contributed by atoms with Crippen molar-refractivity contribution in [2.45, 2.75) is 25.9 Å². The first-order valence-electron chi connectivity index (χ1n) is 5.76. The van der Waals surface area contributed by atoms with Crippen LogP contribution in [0.15, 0.2) is 18.2 Å². The first kappa shape index (κ1) is 11.4. The van der Waals surface area contributed by atoms with E-state index in [1.54, 1.807) is 7.11 Å². The van der Waals surface area contributed by atoms with E-state index in [-0.39, 0.29) is 0 Å². The molecule has 1 aliphatic heterocycles. The predicted molar refractivity (Wildman–Crippen MR) is 65.7 cm³/mol. The maximum atomic E-state index is 5.81. The van der Waals surface area contributed by atoms with Crippen LogP contribution in [0.3, 0.4) is 0 Å². The molecule has 0 aliphatic carbocycles. The molecule has 3 heteroatoms. The summed E-state index contributed by atoms with van der Waals surface area (Å²) in [6, 6.07) is 7.05. The van der Waals surface area contributed by atoms with Gasteiger partial charge >= 0.3 is 0 Å². The second kappa shape index (κ2) is 4.44. The summed E-state index contributed by atoms with van der Waals surface area (Å²) in [5, 5.41) is 0. The minimum Gasteiger partial charge on any atom is -0.496 e. The maximum Gasteiger partial charge on any atom is 0.123 e. The molecular weight excluding hydrogens is 200 g/mol. The summed E-state index contributed by atoms with van der Waals surface area (Å²) < 4.78 is 5.41. The number of nitrogens with two attached hydrogens (primary N) is 1. The zero-order valence-corrected chi connectivity index (χ0v) is 10.2. The highest BCUT2D eigenvalue weighted by Gasteiger charge is 2.29. The predicted octanol–water partition coefficient (Wildman–Crippen LogP) is 1.71. The lowest BCUT2D eigenvalue weighted by atomic mass is 9.99. The Balaban J connectivity index is 2.21. The zero-order valence-electron chi connectivity index (χ0n) is 10.2. The zero-order chi connectivity index (χ0) is 11.7. The molecule has 1 aromatic carbocycles. The normalized spacial score (nSPS) is 19.2. The fraction of sp³-hybridized carbons (Fsp3) is 0.538. The fourth-order valence-electron chi connectivity index (χ4n) is 2.24. The van der Waals surface area contributed by atoms with Crippen LogP contribution in [0.25, 0.3) is 0 Å². The molecule has 0 saturated carbocycles. The number of nitrogens with zero attached hydrogens (tertiary/aromatic N) is 1. The fourth-order valence-corrected chi connectivity index (χ4v) is 2.24. The molecule has 0 spiro atoms. The van der Waals surface area contributed by atoms with Crippen LogP contribution < -0.4 is 10.5 Å². The quantitative estimate of drug-likeness (QED) is 0.842. The molecule has 16 heavy (non-hydrogen) atoms. The Hall–Kier alpha value is -1.06. The summed E-state index contributed by atoms with van der Waals surface area (Å²) in [6.07, 6.45) is 0. The van der Waals surface area contributed by atoms with Gasteiger partial charge < -0.3 is 10.5 Å². The molecule has 1 heterocycles. The summed E-state index contributed by atoms with van der Waals surface area (Å²) >= 11 is 0. The van der Waals surface area contributed by atoms with E-state index in [0.717, 1.165) is 18.8 Å². The lowest BCUT2D eigenvalue weighted by Gasteiger charge is -2.41. The molecule has 1 unspecified atom stereocenters. The maximum absolute atomic E-state index is 5.81. The molecule has 0 radical (unpaired) electrons. The average molecular weight is 220 g/mol. The van der Waals surface area contributed by atoms with E-state index in [4.69, 9.17) is 10.5 Å². The Labute approximate surface area is 97.2 Å². The van der Waals surface area contributed by atoms with Gasteiger partial charge in [0.2, 0.25) is 0 Å². The van der Waals surface area contributed by atoms with Gasteiger partial charge in [-0.05, 0) is 19.9 Å². The van der Waals surface area contributed by atoms with E-state index in [1.807, 2.05) is 6.07 Å². The summed E-state index contributed by atoms with van der Waals surface area (Å²) in [4.78, 5) is 2.38. The van der Waals surface area contributed by atoms with Crippen LogP contribution in [0.1, 0.15) is 24.1 Å². The number of methoxy groups -OCH3 is 1. The molecule has 1 saturated heterocycles. The molecule has 1 fully saturated rings. The van der Waals surface area contributed by atoms with E-state index >= 15 is 0 Å². The van der Waals surface area contributed by atoms with Crippen molar-refractivity contribution in [2.24, 2.45) is 5.73 Å². The number of aryl methyl sites for hydroxylation is 1.